The Balaban J connectivity index is 2.35. The molecular formula is C14H18N2O2S2. The Kier molecular flexibility index (Phi) is 4.99. The number of thiophene rings is 1. The molecule has 0 aliphatic rings. The average molecular weight is 310 g/mol. The Morgan fingerprint density at radius 2 is 2.15 bits per heavy atom. The zero-order valence-electron chi connectivity index (χ0n) is 12.1. The van der Waals surface area contributed by atoms with Crippen molar-refractivity contribution < 1.29 is 9.53 Å². The van der Waals surface area contributed by atoms with Crippen LogP contribution in [0, 0.1) is 13.8 Å². The average Bonchev–Trinajstić information content (AvgIpc) is 2.72. The first-order chi connectivity index (χ1) is 9.58. The van der Waals surface area contributed by atoms with Crippen LogP contribution in [-0.2, 0) is 9.53 Å². The quantitative estimate of drug-likeness (QED) is 0.478. The van der Waals surface area contributed by atoms with E-state index in [9.17, 15) is 4.79 Å². The van der Waals surface area contributed by atoms with Crippen molar-refractivity contribution in [1.29, 1.82) is 0 Å². The molecule has 0 saturated heterocycles. The van der Waals surface area contributed by atoms with E-state index in [1.54, 1.807) is 17.7 Å². The number of hydrogen-bond acceptors (Lipinski definition) is 6. The van der Waals surface area contributed by atoms with E-state index in [4.69, 9.17) is 4.74 Å². The fraction of sp³-hybridized carbons (Fsp3) is 0.500. The van der Waals surface area contributed by atoms with Gasteiger partial charge in [0.25, 0.3) is 0 Å². The molecule has 0 aromatic carbocycles. The van der Waals surface area contributed by atoms with Crippen molar-refractivity contribution in [2.45, 2.75) is 44.4 Å². The van der Waals surface area contributed by atoms with Crippen LogP contribution in [-0.4, -0.2) is 27.8 Å². The number of thioether (sulfide) groups is 1. The summed E-state index contributed by atoms with van der Waals surface area (Å²) in [6.07, 6.45) is 2.29. The highest BCUT2D eigenvalue weighted by Gasteiger charge is 2.22. The van der Waals surface area contributed by atoms with E-state index in [1.165, 1.54) is 22.2 Å². The van der Waals surface area contributed by atoms with Gasteiger partial charge >= 0.3 is 5.97 Å². The van der Waals surface area contributed by atoms with Gasteiger partial charge in [0.1, 0.15) is 21.4 Å². The van der Waals surface area contributed by atoms with Gasteiger partial charge < -0.3 is 4.74 Å². The van der Waals surface area contributed by atoms with Gasteiger partial charge in [0, 0.05) is 10.3 Å². The number of ether oxygens (including phenoxy) is 1. The third-order valence-electron chi connectivity index (χ3n) is 3.10. The van der Waals surface area contributed by atoms with Gasteiger partial charge in [-0.1, -0.05) is 18.7 Å². The first-order valence-corrected chi connectivity index (χ1v) is 8.32. The number of nitrogens with zero attached hydrogens (tertiary/aromatic N) is 2. The normalized spacial score (nSPS) is 12.6. The minimum Gasteiger partial charge on any atom is -0.465 e. The lowest BCUT2D eigenvalue weighted by molar-refractivity contribution is -0.142. The zero-order valence-corrected chi connectivity index (χ0v) is 13.7. The Labute approximate surface area is 127 Å². The second kappa shape index (κ2) is 6.54. The van der Waals surface area contributed by atoms with Gasteiger partial charge in [0.05, 0.1) is 6.61 Å². The predicted molar refractivity (Wildman–Crippen MR) is 83.5 cm³/mol. The Hall–Kier alpha value is -1.14. The summed E-state index contributed by atoms with van der Waals surface area (Å²) in [6.45, 7) is 8.38. The Morgan fingerprint density at radius 3 is 2.80 bits per heavy atom. The number of rotatable bonds is 5. The van der Waals surface area contributed by atoms with Crippen LogP contribution in [0.2, 0.25) is 0 Å². The summed E-state index contributed by atoms with van der Waals surface area (Å²) in [7, 11) is 0. The number of aromatic nitrogens is 2. The smallest absolute Gasteiger partial charge is 0.319 e. The molecule has 0 fully saturated rings. The van der Waals surface area contributed by atoms with Gasteiger partial charge in [-0.15, -0.1) is 11.3 Å². The number of fused-ring (bicyclic) bond motifs is 1. The molecule has 0 bridgehead atoms. The van der Waals surface area contributed by atoms with Gasteiger partial charge in [-0.2, -0.15) is 0 Å². The van der Waals surface area contributed by atoms with E-state index in [0.29, 0.717) is 6.61 Å². The molecule has 0 spiro atoms. The summed E-state index contributed by atoms with van der Waals surface area (Å²) in [5, 5.41) is 1.73. The Morgan fingerprint density at radius 1 is 1.40 bits per heavy atom. The minimum atomic E-state index is -0.215. The third kappa shape index (κ3) is 2.96. The first kappa shape index (κ1) is 15.3. The standard InChI is InChI=1S/C14H18N2O2S2/c1-5-10(14(17)18-6-2)20-13-11-8(3)9(4)19-12(11)15-7-16-13/h7,10H,5-6H2,1-4H3. The fourth-order valence-electron chi connectivity index (χ4n) is 1.91. The lowest BCUT2D eigenvalue weighted by atomic mass is 10.2. The van der Waals surface area contributed by atoms with Crippen LogP contribution < -0.4 is 0 Å². The highest BCUT2D eigenvalue weighted by molar-refractivity contribution is 8.00. The minimum absolute atomic E-state index is 0.170. The molecule has 108 valence electrons. The van der Waals surface area contributed by atoms with E-state index >= 15 is 0 Å². The topological polar surface area (TPSA) is 52.1 Å². The summed E-state index contributed by atoms with van der Waals surface area (Å²) in [5.41, 5.74) is 1.20. The van der Waals surface area contributed by atoms with Crippen molar-refractivity contribution in [1.82, 2.24) is 9.97 Å². The van der Waals surface area contributed by atoms with Crippen molar-refractivity contribution >= 4 is 39.3 Å². The van der Waals surface area contributed by atoms with Gasteiger partial charge in [-0.25, -0.2) is 9.97 Å². The molecule has 0 aliphatic carbocycles. The van der Waals surface area contributed by atoms with Gasteiger partial charge in [0.2, 0.25) is 0 Å². The van der Waals surface area contributed by atoms with Gasteiger partial charge in [-0.05, 0) is 32.8 Å². The van der Waals surface area contributed by atoms with Crippen molar-refractivity contribution in [2.75, 3.05) is 6.61 Å². The zero-order chi connectivity index (χ0) is 14.7. The van der Waals surface area contributed by atoms with Crippen LogP contribution >= 0.6 is 23.1 Å². The van der Waals surface area contributed by atoms with Crippen molar-refractivity contribution in [2.24, 2.45) is 0 Å². The molecule has 1 unspecified atom stereocenters. The molecule has 2 heterocycles. The predicted octanol–water partition coefficient (Wildman–Crippen LogP) is 3.74. The Bertz CT molecular complexity index is 625. The molecular weight excluding hydrogens is 292 g/mol. The van der Waals surface area contributed by atoms with Crippen LogP contribution in [0.5, 0.6) is 0 Å². The van der Waals surface area contributed by atoms with Crippen molar-refractivity contribution in [3.63, 3.8) is 0 Å². The monoisotopic (exact) mass is 310 g/mol. The molecule has 1 atom stereocenters. The summed E-state index contributed by atoms with van der Waals surface area (Å²) in [4.78, 5) is 22.8. The number of carbonyl (C=O) groups is 1. The second-order valence-electron chi connectivity index (χ2n) is 4.41. The van der Waals surface area contributed by atoms with E-state index in [0.717, 1.165) is 21.7 Å². The third-order valence-corrected chi connectivity index (χ3v) is 5.56. The maximum atomic E-state index is 11.9. The molecule has 0 amide bonds. The molecule has 20 heavy (non-hydrogen) atoms. The van der Waals surface area contributed by atoms with E-state index in [2.05, 4.69) is 23.8 Å². The van der Waals surface area contributed by atoms with Gasteiger partial charge in [0.15, 0.2) is 0 Å². The first-order valence-electron chi connectivity index (χ1n) is 6.62. The SMILES string of the molecule is CCOC(=O)C(CC)Sc1ncnc2sc(C)c(C)c12. The molecule has 6 heteroatoms. The van der Waals surface area contributed by atoms with Crippen LogP contribution in [0.1, 0.15) is 30.7 Å². The van der Waals surface area contributed by atoms with E-state index in [1.807, 2.05) is 13.8 Å². The van der Waals surface area contributed by atoms with Crippen molar-refractivity contribution in [3.05, 3.63) is 16.8 Å². The van der Waals surface area contributed by atoms with Crippen LogP contribution in [0.3, 0.4) is 0 Å². The maximum Gasteiger partial charge on any atom is 0.319 e. The molecule has 0 N–H and O–H groups in total. The van der Waals surface area contributed by atoms with Gasteiger partial charge in [-0.3, -0.25) is 4.79 Å². The number of hydrogen-bond donors (Lipinski definition) is 0. The summed E-state index contributed by atoms with van der Waals surface area (Å²) >= 11 is 3.14. The summed E-state index contributed by atoms with van der Waals surface area (Å²) < 4.78 is 5.11. The molecule has 0 radical (unpaired) electrons. The highest BCUT2D eigenvalue weighted by Crippen LogP contribution is 2.36. The van der Waals surface area contributed by atoms with Crippen molar-refractivity contribution in [3.8, 4) is 0 Å². The second-order valence-corrected chi connectivity index (χ2v) is 6.80. The molecule has 0 saturated carbocycles. The lowest BCUT2D eigenvalue weighted by Crippen LogP contribution is -2.19. The molecule has 4 nitrogen and oxygen atoms in total. The summed E-state index contributed by atoms with van der Waals surface area (Å²) in [5.74, 6) is -0.170. The molecule has 2 rings (SSSR count). The van der Waals surface area contributed by atoms with E-state index < -0.39 is 0 Å². The molecule has 0 aliphatic heterocycles. The summed E-state index contributed by atoms with van der Waals surface area (Å²) in [6, 6.07) is 0. The van der Waals surface area contributed by atoms with Crippen LogP contribution in [0.25, 0.3) is 10.2 Å². The fourth-order valence-corrected chi connectivity index (χ4v) is 4.05. The van der Waals surface area contributed by atoms with E-state index in [-0.39, 0.29) is 11.2 Å². The largest absolute Gasteiger partial charge is 0.465 e. The maximum absolute atomic E-state index is 11.9. The number of aryl methyl sites for hydroxylation is 2. The van der Waals surface area contributed by atoms with Crippen LogP contribution in [0.4, 0.5) is 0 Å². The number of carbonyl (C=O) groups excluding carboxylic acids is 1. The molecule has 2 aromatic rings. The number of esters is 1. The lowest BCUT2D eigenvalue weighted by Gasteiger charge is -2.13. The molecule has 2 aromatic heterocycles. The highest BCUT2D eigenvalue weighted by atomic mass is 32.2. The van der Waals surface area contributed by atoms with Crippen LogP contribution in [0.15, 0.2) is 11.4 Å².